The third-order valence-corrected chi connectivity index (χ3v) is 4.32. The monoisotopic (exact) mass is 307 g/mol. The zero-order chi connectivity index (χ0) is 14.9. The lowest BCUT2D eigenvalue weighted by Gasteiger charge is -2.07. The number of benzene rings is 1. The highest BCUT2D eigenvalue weighted by Gasteiger charge is 2.16. The van der Waals surface area contributed by atoms with Gasteiger partial charge in [0.15, 0.2) is 11.5 Å². The minimum Gasteiger partial charge on any atom is -0.454 e. The number of aromatic nitrogens is 1. The molecule has 0 saturated heterocycles. The summed E-state index contributed by atoms with van der Waals surface area (Å²) in [5.41, 5.74) is 6.60. The van der Waals surface area contributed by atoms with Crippen LogP contribution in [0.4, 0.5) is 5.69 Å². The molecule has 1 aromatic carbocycles. The SMILES string of the molecule is Nc1cncc(S(=O)(=O)NCc2ccc3c(c2)OCO3)c1. The molecule has 3 N–H and O–H groups in total. The quantitative estimate of drug-likeness (QED) is 0.868. The third-order valence-electron chi connectivity index (χ3n) is 2.95. The van der Waals surface area contributed by atoms with Crippen LogP contribution in [0.1, 0.15) is 5.56 Å². The number of hydrogen-bond donors (Lipinski definition) is 2. The van der Waals surface area contributed by atoms with Gasteiger partial charge in [-0.3, -0.25) is 4.98 Å². The number of hydrogen-bond acceptors (Lipinski definition) is 6. The van der Waals surface area contributed by atoms with Crippen LogP contribution in [0, 0.1) is 0 Å². The molecule has 0 radical (unpaired) electrons. The van der Waals surface area contributed by atoms with E-state index in [1.165, 1.54) is 18.5 Å². The summed E-state index contributed by atoms with van der Waals surface area (Å²) in [5, 5.41) is 0. The molecule has 1 aliphatic heterocycles. The lowest BCUT2D eigenvalue weighted by atomic mass is 10.2. The standard InChI is InChI=1S/C13H13N3O4S/c14-10-4-11(7-15-6-10)21(17,18)16-5-9-1-2-12-13(3-9)20-8-19-12/h1-4,6-7,16H,5,8,14H2. The highest BCUT2D eigenvalue weighted by Crippen LogP contribution is 2.32. The second-order valence-electron chi connectivity index (χ2n) is 4.47. The molecule has 1 aromatic heterocycles. The van der Waals surface area contributed by atoms with Gasteiger partial charge in [-0.15, -0.1) is 0 Å². The number of nitrogens with two attached hydrogens (primary N) is 1. The van der Waals surface area contributed by atoms with E-state index in [4.69, 9.17) is 15.2 Å². The van der Waals surface area contributed by atoms with Crippen LogP contribution in [-0.2, 0) is 16.6 Å². The Hall–Kier alpha value is -2.32. The molecule has 0 saturated carbocycles. The predicted octanol–water partition coefficient (Wildman–Crippen LogP) is 0.871. The van der Waals surface area contributed by atoms with Gasteiger partial charge in [0.2, 0.25) is 16.8 Å². The van der Waals surface area contributed by atoms with Crippen molar-refractivity contribution in [3.63, 3.8) is 0 Å². The molecular weight excluding hydrogens is 294 g/mol. The summed E-state index contributed by atoms with van der Waals surface area (Å²) in [6.45, 7) is 0.313. The maximum atomic E-state index is 12.1. The van der Waals surface area contributed by atoms with E-state index in [0.29, 0.717) is 17.2 Å². The molecule has 0 spiro atoms. The summed E-state index contributed by atoms with van der Waals surface area (Å²) in [5.74, 6) is 1.26. The van der Waals surface area contributed by atoms with Crippen LogP contribution in [0.5, 0.6) is 11.5 Å². The number of nitrogens with zero attached hydrogens (tertiary/aromatic N) is 1. The van der Waals surface area contributed by atoms with Crippen LogP contribution < -0.4 is 19.9 Å². The molecule has 8 heteroatoms. The number of sulfonamides is 1. The molecule has 2 heterocycles. The molecule has 0 bridgehead atoms. The fraction of sp³-hybridized carbons (Fsp3) is 0.154. The molecule has 0 amide bonds. The van der Waals surface area contributed by atoms with Gasteiger partial charge in [-0.05, 0) is 23.8 Å². The summed E-state index contributed by atoms with van der Waals surface area (Å²) in [6.07, 6.45) is 2.63. The summed E-state index contributed by atoms with van der Waals surface area (Å²) >= 11 is 0. The third kappa shape index (κ3) is 2.91. The van der Waals surface area contributed by atoms with Gasteiger partial charge < -0.3 is 15.2 Å². The first-order valence-corrected chi connectivity index (χ1v) is 7.62. The van der Waals surface area contributed by atoms with Gasteiger partial charge in [0.05, 0.1) is 5.69 Å². The first kappa shape index (κ1) is 13.7. The van der Waals surface area contributed by atoms with E-state index in [0.717, 1.165) is 5.56 Å². The summed E-state index contributed by atoms with van der Waals surface area (Å²) in [7, 11) is -3.66. The second-order valence-corrected chi connectivity index (χ2v) is 6.23. The number of pyridine rings is 1. The van der Waals surface area contributed by atoms with E-state index in [1.807, 2.05) is 0 Å². The van der Waals surface area contributed by atoms with Gasteiger partial charge in [-0.25, -0.2) is 13.1 Å². The largest absolute Gasteiger partial charge is 0.454 e. The van der Waals surface area contributed by atoms with Gasteiger partial charge in [0.1, 0.15) is 4.90 Å². The highest BCUT2D eigenvalue weighted by molar-refractivity contribution is 7.89. The Morgan fingerprint density at radius 1 is 1.19 bits per heavy atom. The Morgan fingerprint density at radius 2 is 2.00 bits per heavy atom. The molecule has 0 aliphatic carbocycles. The lowest BCUT2D eigenvalue weighted by Crippen LogP contribution is -2.23. The summed E-state index contributed by atoms with van der Waals surface area (Å²) in [6, 6.07) is 6.61. The van der Waals surface area contributed by atoms with Crippen molar-refractivity contribution in [2.75, 3.05) is 12.5 Å². The zero-order valence-corrected chi connectivity index (χ0v) is 11.8. The molecule has 21 heavy (non-hydrogen) atoms. The van der Waals surface area contributed by atoms with Crippen molar-refractivity contribution < 1.29 is 17.9 Å². The number of nitrogens with one attached hydrogen (secondary N) is 1. The molecule has 1 aliphatic rings. The average molecular weight is 307 g/mol. The van der Waals surface area contributed by atoms with Crippen LogP contribution in [0.15, 0.2) is 41.6 Å². The number of rotatable bonds is 4. The van der Waals surface area contributed by atoms with Crippen molar-refractivity contribution in [3.05, 3.63) is 42.2 Å². The molecule has 2 aromatic rings. The van der Waals surface area contributed by atoms with Gasteiger partial charge >= 0.3 is 0 Å². The van der Waals surface area contributed by atoms with Gasteiger partial charge in [-0.1, -0.05) is 6.07 Å². The maximum absolute atomic E-state index is 12.1. The van der Waals surface area contributed by atoms with Crippen molar-refractivity contribution in [2.45, 2.75) is 11.4 Å². The van der Waals surface area contributed by atoms with Gasteiger partial charge in [-0.2, -0.15) is 0 Å². The Morgan fingerprint density at radius 3 is 2.81 bits per heavy atom. The minimum atomic E-state index is -3.66. The average Bonchev–Trinajstić information content (AvgIpc) is 2.93. The van der Waals surface area contributed by atoms with Gasteiger partial charge in [0.25, 0.3) is 0 Å². The highest BCUT2D eigenvalue weighted by atomic mass is 32.2. The molecule has 7 nitrogen and oxygen atoms in total. The van der Waals surface area contributed by atoms with Crippen LogP contribution in [0.25, 0.3) is 0 Å². The Kier molecular flexibility index (Phi) is 3.40. The summed E-state index contributed by atoms with van der Waals surface area (Å²) < 4.78 is 37.2. The maximum Gasteiger partial charge on any atom is 0.242 e. The molecule has 110 valence electrons. The number of anilines is 1. The van der Waals surface area contributed by atoms with Crippen LogP contribution in [0.2, 0.25) is 0 Å². The fourth-order valence-corrected chi connectivity index (χ4v) is 2.91. The molecule has 0 unspecified atom stereocenters. The zero-order valence-electron chi connectivity index (χ0n) is 10.9. The van der Waals surface area contributed by atoms with E-state index in [9.17, 15) is 8.42 Å². The lowest BCUT2D eigenvalue weighted by molar-refractivity contribution is 0.174. The molecular formula is C13H13N3O4S. The Labute approximate surface area is 121 Å². The van der Waals surface area contributed by atoms with E-state index < -0.39 is 10.0 Å². The molecule has 0 atom stereocenters. The van der Waals surface area contributed by atoms with Crippen molar-refractivity contribution in [1.82, 2.24) is 9.71 Å². The fourth-order valence-electron chi connectivity index (χ4n) is 1.90. The van der Waals surface area contributed by atoms with E-state index in [-0.39, 0.29) is 18.2 Å². The van der Waals surface area contributed by atoms with Crippen molar-refractivity contribution in [2.24, 2.45) is 0 Å². The molecule has 3 rings (SSSR count). The Balaban J connectivity index is 1.75. The minimum absolute atomic E-state index is 0.0308. The second kappa shape index (κ2) is 5.23. The van der Waals surface area contributed by atoms with Crippen molar-refractivity contribution in [3.8, 4) is 11.5 Å². The number of nitrogen functional groups attached to an aromatic ring is 1. The van der Waals surface area contributed by atoms with Crippen LogP contribution >= 0.6 is 0 Å². The van der Waals surface area contributed by atoms with E-state index in [1.54, 1.807) is 18.2 Å². The topological polar surface area (TPSA) is 104 Å². The van der Waals surface area contributed by atoms with Crippen LogP contribution in [0.3, 0.4) is 0 Å². The summed E-state index contributed by atoms with van der Waals surface area (Å²) in [4.78, 5) is 3.80. The first-order valence-electron chi connectivity index (χ1n) is 6.13. The van der Waals surface area contributed by atoms with Crippen LogP contribution in [-0.4, -0.2) is 20.2 Å². The predicted molar refractivity (Wildman–Crippen MR) is 75.2 cm³/mol. The van der Waals surface area contributed by atoms with Crippen molar-refractivity contribution >= 4 is 15.7 Å². The van der Waals surface area contributed by atoms with E-state index in [2.05, 4.69) is 9.71 Å². The first-order chi connectivity index (χ1) is 10.0. The van der Waals surface area contributed by atoms with E-state index >= 15 is 0 Å². The molecule has 0 fully saturated rings. The van der Waals surface area contributed by atoms with Crippen molar-refractivity contribution in [1.29, 1.82) is 0 Å². The Bertz CT molecular complexity index is 777. The van der Waals surface area contributed by atoms with Gasteiger partial charge in [0, 0.05) is 18.9 Å². The number of fused-ring (bicyclic) bond motifs is 1. The number of ether oxygens (including phenoxy) is 2. The smallest absolute Gasteiger partial charge is 0.242 e. The normalized spacial score (nSPS) is 13.3.